The summed E-state index contributed by atoms with van der Waals surface area (Å²) in [5.74, 6) is -2.00. The highest BCUT2D eigenvalue weighted by atomic mass is 19.2. The highest BCUT2D eigenvalue weighted by Crippen LogP contribution is 2.23. The Morgan fingerprint density at radius 2 is 1.85 bits per heavy atom. The standard InChI is InChI=1S/C15H12F2N2O/c1-8-3-6-12(9(2)7-8)19-14-11(18-15(19)20)5-4-10(16)13(14)17/h3-7H,1-2H3,(H,18,20). The van der Waals surface area contributed by atoms with Crippen LogP contribution in [-0.2, 0) is 0 Å². The minimum Gasteiger partial charge on any atom is -0.305 e. The van der Waals surface area contributed by atoms with Crippen molar-refractivity contribution in [2.45, 2.75) is 13.8 Å². The van der Waals surface area contributed by atoms with E-state index in [1.54, 1.807) is 6.07 Å². The monoisotopic (exact) mass is 274 g/mol. The third-order valence-corrected chi connectivity index (χ3v) is 3.33. The summed E-state index contributed by atoms with van der Waals surface area (Å²) >= 11 is 0. The lowest BCUT2D eigenvalue weighted by Crippen LogP contribution is -2.16. The molecule has 0 saturated carbocycles. The first-order valence-corrected chi connectivity index (χ1v) is 6.15. The van der Waals surface area contributed by atoms with Crippen LogP contribution < -0.4 is 5.69 Å². The molecule has 0 aliphatic heterocycles. The summed E-state index contributed by atoms with van der Waals surface area (Å²) in [7, 11) is 0. The minimum absolute atomic E-state index is 0.0676. The summed E-state index contributed by atoms with van der Waals surface area (Å²) in [5.41, 5.74) is 2.10. The Morgan fingerprint density at radius 3 is 2.55 bits per heavy atom. The first-order valence-electron chi connectivity index (χ1n) is 6.15. The molecule has 1 heterocycles. The summed E-state index contributed by atoms with van der Waals surface area (Å²) in [4.78, 5) is 14.6. The van der Waals surface area contributed by atoms with Crippen molar-refractivity contribution in [3.8, 4) is 5.69 Å². The Bertz CT molecular complexity index is 877. The number of nitrogens with one attached hydrogen (secondary N) is 1. The van der Waals surface area contributed by atoms with E-state index in [1.807, 2.05) is 26.0 Å². The molecule has 0 atom stereocenters. The van der Waals surface area contributed by atoms with Crippen molar-refractivity contribution in [1.29, 1.82) is 0 Å². The van der Waals surface area contributed by atoms with Gasteiger partial charge in [0.15, 0.2) is 11.6 Å². The number of aryl methyl sites for hydroxylation is 2. The van der Waals surface area contributed by atoms with Gasteiger partial charge in [0.05, 0.1) is 11.2 Å². The third kappa shape index (κ3) is 1.74. The zero-order valence-electron chi connectivity index (χ0n) is 11.0. The molecule has 102 valence electrons. The predicted octanol–water partition coefficient (Wildman–Crippen LogP) is 3.21. The van der Waals surface area contributed by atoms with Crippen LogP contribution in [-0.4, -0.2) is 9.55 Å². The van der Waals surface area contributed by atoms with Crippen LogP contribution in [0.5, 0.6) is 0 Å². The van der Waals surface area contributed by atoms with Crippen molar-refractivity contribution in [2.24, 2.45) is 0 Å². The first-order chi connectivity index (χ1) is 9.49. The number of hydrogen-bond donors (Lipinski definition) is 1. The van der Waals surface area contributed by atoms with Crippen molar-refractivity contribution in [2.75, 3.05) is 0 Å². The van der Waals surface area contributed by atoms with E-state index < -0.39 is 17.3 Å². The molecule has 1 N–H and O–H groups in total. The van der Waals surface area contributed by atoms with E-state index in [-0.39, 0.29) is 11.0 Å². The molecule has 5 heteroatoms. The van der Waals surface area contributed by atoms with Gasteiger partial charge < -0.3 is 4.98 Å². The van der Waals surface area contributed by atoms with Gasteiger partial charge in [-0.05, 0) is 37.6 Å². The molecule has 0 saturated heterocycles. The average Bonchev–Trinajstić information content (AvgIpc) is 2.72. The number of aromatic nitrogens is 2. The fourth-order valence-electron chi connectivity index (χ4n) is 2.42. The van der Waals surface area contributed by atoms with Crippen LogP contribution in [0.2, 0.25) is 0 Å². The zero-order chi connectivity index (χ0) is 14.4. The van der Waals surface area contributed by atoms with Crippen molar-refractivity contribution in [3.05, 3.63) is 63.6 Å². The molecule has 0 bridgehead atoms. The number of hydrogen-bond acceptors (Lipinski definition) is 1. The molecule has 2 aromatic carbocycles. The molecule has 3 nitrogen and oxygen atoms in total. The van der Waals surface area contributed by atoms with Crippen molar-refractivity contribution in [3.63, 3.8) is 0 Å². The summed E-state index contributed by atoms with van der Waals surface area (Å²) in [6.45, 7) is 3.75. The van der Waals surface area contributed by atoms with E-state index in [2.05, 4.69) is 4.98 Å². The molecule has 3 aromatic rings. The van der Waals surface area contributed by atoms with Gasteiger partial charge in [-0.25, -0.2) is 13.6 Å². The highest BCUT2D eigenvalue weighted by Gasteiger charge is 2.17. The largest absolute Gasteiger partial charge is 0.331 e. The first kappa shape index (κ1) is 12.6. The Morgan fingerprint density at radius 1 is 1.10 bits per heavy atom. The number of benzene rings is 2. The van der Waals surface area contributed by atoms with E-state index in [9.17, 15) is 13.6 Å². The molecular weight excluding hydrogens is 262 g/mol. The second kappa shape index (κ2) is 4.30. The topological polar surface area (TPSA) is 37.8 Å². The second-order valence-electron chi connectivity index (χ2n) is 4.81. The van der Waals surface area contributed by atoms with E-state index in [1.165, 1.54) is 10.6 Å². The molecule has 0 amide bonds. The van der Waals surface area contributed by atoms with Gasteiger partial charge in [-0.2, -0.15) is 0 Å². The van der Waals surface area contributed by atoms with Crippen molar-refractivity contribution >= 4 is 11.0 Å². The van der Waals surface area contributed by atoms with Crippen LogP contribution in [0.25, 0.3) is 16.7 Å². The summed E-state index contributed by atoms with van der Waals surface area (Å²) in [5, 5.41) is 0. The van der Waals surface area contributed by atoms with Gasteiger partial charge in [-0.15, -0.1) is 0 Å². The lowest BCUT2D eigenvalue weighted by atomic mass is 10.1. The molecule has 0 aliphatic rings. The molecule has 0 spiro atoms. The Hall–Kier alpha value is -2.43. The van der Waals surface area contributed by atoms with E-state index in [4.69, 9.17) is 0 Å². The van der Waals surface area contributed by atoms with Crippen LogP contribution in [0.15, 0.2) is 35.1 Å². The Labute approximate surface area is 113 Å². The Balaban J connectivity index is 2.44. The van der Waals surface area contributed by atoms with Crippen molar-refractivity contribution < 1.29 is 8.78 Å². The van der Waals surface area contributed by atoms with Gasteiger partial charge in [0.25, 0.3) is 0 Å². The maximum absolute atomic E-state index is 14.0. The third-order valence-electron chi connectivity index (χ3n) is 3.33. The van der Waals surface area contributed by atoms with Crippen LogP contribution >= 0.6 is 0 Å². The van der Waals surface area contributed by atoms with Crippen LogP contribution in [0.4, 0.5) is 8.78 Å². The fraction of sp³-hybridized carbons (Fsp3) is 0.133. The number of H-pyrrole nitrogens is 1. The minimum atomic E-state index is -1.03. The second-order valence-corrected chi connectivity index (χ2v) is 4.81. The molecule has 0 fully saturated rings. The quantitative estimate of drug-likeness (QED) is 0.727. The normalized spacial score (nSPS) is 11.2. The molecule has 0 unspecified atom stereocenters. The maximum Gasteiger partial charge on any atom is 0.331 e. The average molecular weight is 274 g/mol. The summed E-state index contributed by atoms with van der Waals surface area (Å²) < 4.78 is 28.6. The number of aromatic amines is 1. The van der Waals surface area contributed by atoms with Gasteiger partial charge in [-0.1, -0.05) is 17.7 Å². The molecule has 0 aliphatic carbocycles. The van der Waals surface area contributed by atoms with Crippen LogP contribution in [0.1, 0.15) is 11.1 Å². The van der Waals surface area contributed by atoms with E-state index in [0.717, 1.165) is 17.2 Å². The summed E-state index contributed by atoms with van der Waals surface area (Å²) in [6.07, 6.45) is 0. The summed E-state index contributed by atoms with van der Waals surface area (Å²) in [6, 6.07) is 7.79. The molecule has 3 rings (SSSR count). The van der Waals surface area contributed by atoms with Crippen LogP contribution in [0.3, 0.4) is 0 Å². The number of imidazole rings is 1. The maximum atomic E-state index is 14.0. The number of nitrogens with zero attached hydrogens (tertiary/aromatic N) is 1. The van der Waals surface area contributed by atoms with Crippen molar-refractivity contribution in [1.82, 2.24) is 9.55 Å². The number of rotatable bonds is 1. The van der Waals surface area contributed by atoms with Gasteiger partial charge in [0.1, 0.15) is 5.52 Å². The molecule has 0 radical (unpaired) electrons. The lowest BCUT2D eigenvalue weighted by molar-refractivity contribution is 0.514. The van der Waals surface area contributed by atoms with Gasteiger partial charge >= 0.3 is 5.69 Å². The van der Waals surface area contributed by atoms with Crippen LogP contribution in [0, 0.1) is 25.5 Å². The van der Waals surface area contributed by atoms with Gasteiger partial charge in [0.2, 0.25) is 0 Å². The van der Waals surface area contributed by atoms with Gasteiger partial charge in [-0.3, -0.25) is 4.57 Å². The smallest absolute Gasteiger partial charge is 0.305 e. The molecule has 20 heavy (non-hydrogen) atoms. The lowest BCUT2D eigenvalue weighted by Gasteiger charge is -2.08. The molecular formula is C15H12F2N2O. The zero-order valence-corrected chi connectivity index (χ0v) is 11.0. The molecule has 1 aromatic heterocycles. The fourth-order valence-corrected chi connectivity index (χ4v) is 2.42. The van der Waals surface area contributed by atoms with E-state index >= 15 is 0 Å². The SMILES string of the molecule is Cc1ccc(-n2c(=O)[nH]c3ccc(F)c(F)c32)c(C)c1. The van der Waals surface area contributed by atoms with E-state index in [0.29, 0.717) is 5.69 Å². The van der Waals surface area contributed by atoms with Gasteiger partial charge in [0, 0.05) is 0 Å². The number of fused-ring (bicyclic) bond motifs is 1. The highest BCUT2D eigenvalue weighted by molar-refractivity contribution is 5.78. The number of halogens is 2. The predicted molar refractivity (Wildman–Crippen MR) is 73.3 cm³/mol. The Kier molecular flexibility index (Phi) is 2.71.